The fourth-order valence-corrected chi connectivity index (χ4v) is 3.90. The summed E-state index contributed by atoms with van der Waals surface area (Å²) in [6.07, 6.45) is 0.671. The molecule has 6 nitrogen and oxygen atoms in total. The number of sulfonamides is 1. The summed E-state index contributed by atoms with van der Waals surface area (Å²) < 4.78 is 30.9. The van der Waals surface area contributed by atoms with Crippen molar-refractivity contribution in [1.29, 1.82) is 0 Å². The Kier molecular flexibility index (Phi) is 6.54. The summed E-state index contributed by atoms with van der Waals surface area (Å²) in [5.74, 6) is 0.426. The third kappa shape index (κ3) is 4.87. The van der Waals surface area contributed by atoms with Gasteiger partial charge < -0.3 is 10.1 Å². The first kappa shape index (κ1) is 21.5. The second kappa shape index (κ2) is 9.11. The van der Waals surface area contributed by atoms with Gasteiger partial charge in [0, 0.05) is 37.3 Å². The minimum absolute atomic E-state index is 0.138. The smallest absolute Gasteiger partial charge is 0.255 e. The van der Waals surface area contributed by atoms with Crippen LogP contribution in [0.4, 0.5) is 5.69 Å². The molecule has 0 fully saturated rings. The molecule has 0 aliphatic rings. The third-order valence-corrected chi connectivity index (χ3v) is 6.50. The second-order valence-electron chi connectivity index (χ2n) is 6.95. The molecule has 156 valence electrons. The maximum atomic E-state index is 12.6. The van der Waals surface area contributed by atoms with Crippen molar-refractivity contribution >= 4 is 21.6 Å². The lowest BCUT2D eigenvalue weighted by molar-refractivity contribution is 0.102. The van der Waals surface area contributed by atoms with Crippen LogP contribution in [-0.4, -0.2) is 39.8 Å². The molecule has 0 heterocycles. The number of anilines is 1. The molecule has 1 amide bonds. The molecule has 0 bridgehead atoms. The van der Waals surface area contributed by atoms with Crippen molar-refractivity contribution in [3.05, 3.63) is 89.5 Å². The summed E-state index contributed by atoms with van der Waals surface area (Å²) >= 11 is 0. The molecule has 0 unspecified atom stereocenters. The second-order valence-corrected chi connectivity index (χ2v) is 9.11. The summed E-state index contributed by atoms with van der Waals surface area (Å²) in [5.41, 5.74) is 3.09. The number of carbonyl (C=O) groups is 1. The Hall–Kier alpha value is -3.16. The third-order valence-electron chi connectivity index (χ3n) is 4.67. The van der Waals surface area contributed by atoms with Gasteiger partial charge in [-0.3, -0.25) is 4.79 Å². The highest BCUT2D eigenvalue weighted by Gasteiger charge is 2.17. The molecule has 0 atom stereocenters. The molecular weight excluding hydrogens is 400 g/mol. The largest absolute Gasteiger partial charge is 0.496 e. The van der Waals surface area contributed by atoms with Gasteiger partial charge >= 0.3 is 0 Å². The predicted octanol–water partition coefficient (Wildman–Crippen LogP) is 3.79. The van der Waals surface area contributed by atoms with Gasteiger partial charge in [0.15, 0.2) is 0 Å². The summed E-state index contributed by atoms with van der Waals surface area (Å²) in [6, 6.07) is 21.3. The van der Waals surface area contributed by atoms with Crippen molar-refractivity contribution in [1.82, 2.24) is 4.31 Å². The lowest BCUT2D eigenvalue weighted by Gasteiger charge is -2.13. The van der Waals surface area contributed by atoms with Gasteiger partial charge in [0.05, 0.1) is 12.0 Å². The van der Waals surface area contributed by atoms with Crippen molar-refractivity contribution in [2.24, 2.45) is 0 Å². The maximum Gasteiger partial charge on any atom is 0.255 e. The van der Waals surface area contributed by atoms with Crippen LogP contribution in [0.25, 0.3) is 0 Å². The Morgan fingerprint density at radius 1 is 0.967 bits per heavy atom. The molecule has 0 aromatic heterocycles. The number of carbonyl (C=O) groups excluding carboxylic acids is 1. The standard InChI is InChI=1S/C23H24N2O4S/c1-25(2)30(27,28)21-12-9-18(10-13-21)23(26)24-20-11-14-22(29-3)19(16-20)15-17-7-5-4-6-8-17/h4-14,16H,15H2,1-3H3,(H,24,26). The Morgan fingerprint density at radius 3 is 2.23 bits per heavy atom. The van der Waals surface area contributed by atoms with E-state index >= 15 is 0 Å². The molecule has 0 spiro atoms. The van der Waals surface area contributed by atoms with Gasteiger partial charge in [-0.2, -0.15) is 0 Å². The van der Waals surface area contributed by atoms with Crippen LogP contribution < -0.4 is 10.1 Å². The molecule has 3 aromatic rings. The molecule has 3 rings (SSSR count). The predicted molar refractivity (Wildman–Crippen MR) is 118 cm³/mol. The van der Waals surface area contributed by atoms with Gasteiger partial charge in [-0.15, -0.1) is 0 Å². The van der Waals surface area contributed by atoms with E-state index in [1.165, 1.54) is 38.4 Å². The summed E-state index contributed by atoms with van der Waals surface area (Å²) in [6.45, 7) is 0. The van der Waals surface area contributed by atoms with Crippen molar-refractivity contribution in [2.75, 3.05) is 26.5 Å². The van der Waals surface area contributed by atoms with Crippen LogP contribution in [0.15, 0.2) is 77.7 Å². The Morgan fingerprint density at radius 2 is 1.63 bits per heavy atom. The van der Waals surface area contributed by atoms with E-state index in [2.05, 4.69) is 5.32 Å². The molecule has 0 saturated heterocycles. The van der Waals surface area contributed by atoms with Gasteiger partial charge in [0.25, 0.3) is 5.91 Å². The van der Waals surface area contributed by atoms with Crippen LogP contribution in [0.1, 0.15) is 21.5 Å². The van der Waals surface area contributed by atoms with Crippen LogP contribution in [0.3, 0.4) is 0 Å². The van der Waals surface area contributed by atoms with Crippen molar-refractivity contribution in [2.45, 2.75) is 11.3 Å². The van der Waals surface area contributed by atoms with Gasteiger partial charge in [0.2, 0.25) is 10.0 Å². The van der Waals surface area contributed by atoms with Crippen molar-refractivity contribution in [3.63, 3.8) is 0 Å². The lowest BCUT2D eigenvalue weighted by atomic mass is 10.0. The highest BCUT2D eigenvalue weighted by molar-refractivity contribution is 7.89. The number of hydrogen-bond donors (Lipinski definition) is 1. The number of hydrogen-bond acceptors (Lipinski definition) is 4. The maximum absolute atomic E-state index is 12.6. The average Bonchev–Trinajstić information content (AvgIpc) is 2.74. The molecular formula is C23H24N2O4S. The van der Waals surface area contributed by atoms with E-state index in [1.807, 2.05) is 42.5 Å². The van der Waals surface area contributed by atoms with Crippen LogP contribution in [0.2, 0.25) is 0 Å². The molecule has 3 aromatic carbocycles. The van der Waals surface area contributed by atoms with Gasteiger partial charge in [-0.25, -0.2) is 12.7 Å². The zero-order valence-corrected chi connectivity index (χ0v) is 17.9. The molecule has 30 heavy (non-hydrogen) atoms. The normalized spacial score (nSPS) is 11.3. The monoisotopic (exact) mass is 424 g/mol. The van der Waals surface area contributed by atoms with E-state index in [0.29, 0.717) is 17.7 Å². The van der Waals surface area contributed by atoms with Crippen LogP contribution in [0, 0.1) is 0 Å². The molecule has 0 radical (unpaired) electrons. The van der Waals surface area contributed by atoms with Crippen molar-refractivity contribution < 1.29 is 17.9 Å². The zero-order valence-electron chi connectivity index (χ0n) is 17.1. The first-order chi connectivity index (χ1) is 14.3. The number of nitrogens with zero attached hydrogens (tertiary/aromatic N) is 1. The minimum Gasteiger partial charge on any atom is -0.496 e. The van der Waals surface area contributed by atoms with E-state index in [0.717, 1.165) is 21.2 Å². The molecule has 0 saturated carbocycles. The number of nitrogens with one attached hydrogen (secondary N) is 1. The minimum atomic E-state index is -3.53. The summed E-state index contributed by atoms with van der Waals surface area (Å²) in [5, 5.41) is 2.86. The number of methoxy groups -OCH3 is 1. The highest BCUT2D eigenvalue weighted by Crippen LogP contribution is 2.26. The average molecular weight is 425 g/mol. The number of ether oxygens (including phenoxy) is 1. The molecule has 1 N–H and O–H groups in total. The Labute approximate surface area is 177 Å². The SMILES string of the molecule is COc1ccc(NC(=O)c2ccc(S(=O)(=O)N(C)C)cc2)cc1Cc1ccccc1. The summed E-state index contributed by atoms with van der Waals surface area (Å²) in [7, 11) is 1.01. The van der Waals surface area contributed by atoms with Gasteiger partial charge in [0.1, 0.15) is 5.75 Å². The van der Waals surface area contributed by atoms with E-state index in [9.17, 15) is 13.2 Å². The highest BCUT2D eigenvalue weighted by atomic mass is 32.2. The molecule has 7 heteroatoms. The number of rotatable bonds is 7. The Bertz CT molecular complexity index is 1130. The van der Waals surface area contributed by atoms with E-state index in [-0.39, 0.29) is 10.8 Å². The lowest BCUT2D eigenvalue weighted by Crippen LogP contribution is -2.22. The van der Waals surface area contributed by atoms with Crippen LogP contribution in [-0.2, 0) is 16.4 Å². The topological polar surface area (TPSA) is 75.7 Å². The fraction of sp³-hybridized carbons (Fsp3) is 0.174. The molecule has 0 aliphatic carbocycles. The van der Waals surface area contributed by atoms with Crippen LogP contribution in [0.5, 0.6) is 5.75 Å². The van der Waals surface area contributed by atoms with E-state index in [4.69, 9.17) is 4.74 Å². The summed E-state index contributed by atoms with van der Waals surface area (Å²) in [4.78, 5) is 12.8. The fourth-order valence-electron chi connectivity index (χ4n) is 3.00. The van der Waals surface area contributed by atoms with E-state index in [1.54, 1.807) is 13.2 Å². The van der Waals surface area contributed by atoms with Crippen molar-refractivity contribution in [3.8, 4) is 5.75 Å². The van der Waals surface area contributed by atoms with Gasteiger partial charge in [-0.05, 0) is 48.0 Å². The first-order valence-corrected chi connectivity index (χ1v) is 10.8. The quantitative estimate of drug-likeness (QED) is 0.626. The number of amides is 1. The Balaban J connectivity index is 1.79. The van der Waals surface area contributed by atoms with Crippen LogP contribution >= 0.6 is 0 Å². The zero-order chi connectivity index (χ0) is 21.7. The molecule has 0 aliphatic heterocycles. The first-order valence-electron chi connectivity index (χ1n) is 9.36. The van der Waals surface area contributed by atoms with E-state index < -0.39 is 10.0 Å². The van der Waals surface area contributed by atoms with Gasteiger partial charge in [-0.1, -0.05) is 30.3 Å². The number of benzene rings is 3.